The summed E-state index contributed by atoms with van der Waals surface area (Å²) >= 11 is 6.41. The van der Waals surface area contributed by atoms with Gasteiger partial charge in [0.1, 0.15) is 12.3 Å². The molecule has 0 N–H and O–H groups in total. The number of rotatable bonds is 5. The normalized spacial score (nSPS) is 19.2. The van der Waals surface area contributed by atoms with Crippen LogP contribution in [-0.4, -0.2) is 37.3 Å². The Morgan fingerprint density at radius 3 is 2.49 bits per heavy atom. The van der Waals surface area contributed by atoms with Gasteiger partial charge in [0, 0.05) is 28.4 Å². The Bertz CT molecular complexity index is 1560. The summed E-state index contributed by atoms with van der Waals surface area (Å²) in [6.45, 7) is 1.43. The zero-order valence-corrected chi connectivity index (χ0v) is 21.8. The Kier molecular flexibility index (Phi) is 6.33. The van der Waals surface area contributed by atoms with E-state index in [4.69, 9.17) is 26.1 Å². The molecule has 0 unspecified atom stereocenters. The van der Waals surface area contributed by atoms with Gasteiger partial charge >= 0.3 is 0 Å². The smallest absolute Gasteiger partial charge is 0.217 e. The second-order valence-corrected chi connectivity index (χ2v) is 10.2. The molecule has 1 aliphatic heterocycles. The van der Waals surface area contributed by atoms with Crippen LogP contribution in [0.15, 0.2) is 97.1 Å². The molecule has 4 aromatic carbocycles. The molecule has 0 radical (unpaired) electrons. The number of nitrogens with zero attached hydrogens (tertiary/aromatic N) is 2. The maximum atomic E-state index is 6.99. The number of halogens is 1. The molecule has 0 saturated carbocycles. The molecule has 0 bridgehead atoms. The van der Waals surface area contributed by atoms with E-state index in [9.17, 15) is 0 Å². The van der Waals surface area contributed by atoms with Crippen LogP contribution in [0.25, 0.3) is 21.7 Å². The van der Waals surface area contributed by atoms with Crippen molar-refractivity contribution in [3.05, 3.63) is 119 Å². The number of pyridine rings is 1. The third-order valence-electron chi connectivity index (χ3n) is 7.53. The van der Waals surface area contributed by atoms with Gasteiger partial charge in [0.2, 0.25) is 5.88 Å². The topological polar surface area (TPSA) is 34.6 Å². The first-order chi connectivity index (χ1) is 18.1. The molecule has 0 amide bonds. The van der Waals surface area contributed by atoms with Crippen molar-refractivity contribution in [1.29, 1.82) is 0 Å². The zero-order chi connectivity index (χ0) is 25.4. The average Bonchev–Trinajstić information content (AvgIpc) is 2.94. The summed E-state index contributed by atoms with van der Waals surface area (Å²) in [5, 5.41) is 4.06. The average molecular weight is 509 g/mol. The van der Waals surface area contributed by atoms with Crippen LogP contribution in [0.4, 0.5) is 0 Å². The highest BCUT2D eigenvalue weighted by Crippen LogP contribution is 2.52. The van der Waals surface area contributed by atoms with Crippen LogP contribution in [-0.2, 0) is 10.3 Å². The van der Waals surface area contributed by atoms with Gasteiger partial charge in [-0.2, -0.15) is 0 Å². The molecule has 1 fully saturated rings. The van der Waals surface area contributed by atoms with Crippen LogP contribution in [0.3, 0.4) is 0 Å². The quantitative estimate of drug-likeness (QED) is 0.248. The minimum Gasteiger partial charge on any atom is -0.481 e. The number of ether oxygens (including phenoxy) is 2. The fourth-order valence-corrected chi connectivity index (χ4v) is 5.95. The fraction of sp³-hybridized carbons (Fsp3) is 0.219. The summed E-state index contributed by atoms with van der Waals surface area (Å²) in [6.07, 6.45) is 0.813. The number of benzene rings is 4. The molecule has 6 rings (SSSR count). The van der Waals surface area contributed by atoms with Gasteiger partial charge in [0.25, 0.3) is 0 Å². The lowest BCUT2D eigenvalue weighted by molar-refractivity contribution is -0.145. The van der Waals surface area contributed by atoms with Crippen LogP contribution >= 0.6 is 11.6 Å². The maximum absolute atomic E-state index is 6.99. The maximum Gasteiger partial charge on any atom is 0.217 e. The van der Waals surface area contributed by atoms with Crippen molar-refractivity contribution in [1.82, 2.24) is 9.88 Å². The molecular weight excluding hydrogens is 480 g/mol. The Morgan fingerprint density at radius 1 is 0.919 bits per heavy atom. The van der Waals surface area contributed by atoms with E-state index in [1.807, 2.05) is 18.2 Å². The second-order valence-electron chi connectivity index (χ2n) is 9.79. The lowest BCUT2D eigenvalue weighted by Crippen LogP contribution is -2.47. The van der Waals surface area contributed by atoms with Crippen molar-refractivity contribution in [3.8, 4) is 5.88 Å². The van der Waals surface area contributed by atoms with Gasteiger partial charge in [-0.25, -0.2) is 4.98 Å². The molecule has 1 saturated heterocycles. The van der Waals surface area contributed by atoms with Crippen LogP contribution in [0.5, 0.6) is 5.88 Å². The minimum absolute atomic E-state index is 0.168. The van der Waals surface area contributed by atoms with Gasteiger partial charge in [0.15, 0.2) is 0 Å². The molecule has 1 aromatic heterocycles. The van der Waals surface area contributed by atoms with Crippen LogP contribution in [0.2, 0.25) is 5.02 Å². The van der Waals surface area contributed by atoms with Crippen LogP contribution in [0.1, 0.15) is 29.0 Å². The zero-order valence-electron chi connectivity index (χ0n) is 21.0. The standard InChI is InChI=1S/C32H29ClN2O2/c1-35-18-17-32(37-21-35,28-14-8-12-22-9-6-7-13-26(22)28)30(23-10-4-3-5-11-23)27-20-24-19-25(33)15-16-29(24)34-31(27)36-2/h3-16,19-20,30H,17-18,21H2,1-2H3/t30-,32+/m1/s1. The van der Waals surface area contributed by atoms with Gasteiger partial charge in [-0.05, 0) is 59.6 Å². The molecule has 2 heterocycles. The first kappa shape index (κ1) is 23.9. The highest BCUT2D eigenvalue weighted by atomic mass is 35.5. The summed E-state index contributed by atoms with van der Waals surface area (Å²) in [6, 6.07) is 33.6. The minimum atomic E-state index is -0.643. The Labute approximate surface area is 222 Å². The highest BCUT2D eigenvalue weighted by Gasteiger charge is 2.47. The van der Waals surface area contributed by atoms with E-state index < -0.39 is 5.60 Å². The molecule has 2 atom stereocenters. The van der Waals surface area contributed by atoms with Crippen molar-refractivity contribution in [2.24, 2.45) is 0 Å². The van der Waals surface area contributed by atoms with E-state index in [0.717, 1.165) is 35.0 Å². The highest BCUT2D eigenvalue weighted by molar-refractivity contribution is 6.31. The van der Waals surface area contributed by atoms with E-state index in [2.05, 4.69) is 90.8 Å². The second kappa shape index (κ2) is 9.79. The summed E-state index contributed by atoms with van der Waals surface area (Å²) in [5.74, 6) is 0.435. The van der Waals surface area contributed by atoms with E-state index in [-0.39, 0.29) is 5.92 Å². The van der Waals surface area contributed by atoms with E-state index >= 15 is 0 Å². The first-order valence-electron chi connectivity index (χ1n) is 12.6. The predicted molar refractivity (Wildman–Crippen MR) is 150 cm³/mol. The molecule has 4 nitrogen and oxygen atoms in total. The number of aromatic nitrogens is 1. The lowest BCUT2D eigenvalue weighted by Gasteiger charge is -2.47. The lowest BCUT2D eigenvalue weighted by atomic mass is 9.70. The first-order valence-corrected chi connectivity index (χ1v) is 13.0. The van der Waals surface area contributed by atoms with E-state index in [0.29, 0.717) is 17.6 Å². The monoisotopic (exact) mass is 508 g/mol. The molecule has 0 spiro atoms. The van der Waals surface area contributed by atoms with Crippen LogP contribution in [0, 0.1) is 0 Å². The van der Waals surface area contributed by atoms with Crippen molar-refractivity contribution < 1.29 is 9.47 Å². The molecule has 5 aromatic rings. The van der Waals surface area contributed by atoms with E-state index in [1.165, 1.54) is 16.3 Å². The largest absolute Gasteiger partial charge is 0.481 e. The van der Waals surface area contributed by atoms with Gasteiger partial charge in [0.05, 0.1) is 12.6 Å². The van der Waals surface area contributed by atoms with Crippen molar-refractivity contribution in [3.63, 3.8) is 0 Å². The summed E-state index contributed by atoms with van der Waals surface area (Å²) in [4.78, 5) is 7.15. The van der Waals surface area contributed by atoms with Gasteiger partial charge in [-0.1, -0.05) is 84.4 Å². The Morgan fingerprint density at radius 2 is 1.70 bits per heavy atom. The molecule has 0 aliphatic carbocycles. The van der Waals surface area contributed by atoms with Gasteiger partial charge in [-0.15, -0.1) is 0 Å². The summed E-state index contributed by atoms with van der Waals surface area (Å²) in [7, 11) is 3.79. The number of fused-ring (bicyclic) bond motifs is 2. The molecule has 5 heteroatoms. The summed E-state index contributed by atoms with van der Waals surface area (Å²) in [5.41, 5.74) is 3.53. The third kappa shape index (κ3) is 4.25. The Hall–Kier alpha value is -3.44. The third-order valence-corrected chi connectivity index (χ3v) is 7.76. The SMILES string of the molecule is COc1nc2ccc(Cl)cc2cc1[C@@H](c1ccccc1)[C@@]1(c2cccc3ccccc23)CCN(C)CO1. The molecule has 37 heavy (non-hydrogen) atoms. The van der Waals surface area contributed by atoms with Crippen molar-refractivity contribution in [2.75, 3.05) is 27.4 Å². The van der Waals surface area contributed by atoms with Gasteiger partial charge in [-0.3, -0.25) is 4.90 Å². The van der Waals surface area contributed by atoms with Crippen LogP contribution < -0.4 is 4.74 Å². The number of hydrogen-bond donors (Lipinski definition) is 0. The summed E-state index contributed by atoms with van der Waals surface area (Å²) < 4.78 is 13.0. The Balaban J connectivity index is 1.68. The molecule has 186 valence electrons. The number of hydrogen-bond acceptors (Lipinski definition) is 4. The predicted octanol–water partition coefficient (Wildman–Crippen LogP) is 7.39. The molecular formula is C32H29ClN2O2. The molecule has 1 aliphatic rings. The van der Waals surface area contributed by atoms with E-state index in [1.54, 1.807) is 7.11 Å². The number of methoxy groups -OCH3 is 1. The van der Waals surface area contributed by atoms with Crippen molar-refractivity contribution >= 4 is 33.3 Å². The fourth-order valence-electron chi connectivity index (χ4n) is 5.77. The van der Waals surface area contributed by atoms with Gasteiger partial charge < -0.3 is 9.47 Å². The van der Waals surface area contributed by atoms with Crippen molar-refractivity contribution in [2.45, 2.75) is 17.9 Å².